The van der Waals surface area contributed by atoms with E-state index in [-0.39, 0.29) is 29.3 Å². The Labute approximate surface area is 195 Å². The van der Waals surface area contributed by atoms with Crippen LogP contribution in [-0.2, 0) is 25.9 Å². The zero-order valence-corrected chi connectivity index (χ0v) is 19.2. The normalized spacial score (nSPS) is 12.7. The second-order valence-electron chi connectivity index (χ2n) is 8.06. The number of aromatic hydroxyl groups is 1. The molecule has 3 heterocycles. The van der Waals surface area contributed by atoms with Crippen molar-refractivity contribution in [3.8, 4) is 17.2 Å². The summed E-state index contributed by atoms with van der Waals surface area (Å²) in [6, 6.07) is 6.75. The quantitative estimate of drug-likeness (QED) is 0.449. The van der Waals surface area contributed by atoms with Crippen molar-refractivity contribution in [3.05, 3.63) is 56.5 Å². The van der Waals surface area contributed by atoms with Crippen LogP contribution < -0.4 is 11.2 Å². The number of fused-ring (bicyclic) bond motifs is 1. The molecule has 3 aromatic rings. The van der Waals surface area contributed by atoms with Crippen molar-refractivity contribution < 1.29 is 9.63 Å². The van der Waals surface area contributed by atoms with Crippen LogP contribution in [-0.4, -0.2) is 29.6 Å². The van der Waals surface area contributed by atoms with Gasteiger partial charge in [-0.15, -0.1) is 0 Å². The second-order valence-corrected chi connectivity index (χ2v) is 8.49. The van der Waals surface area contributed by atoms with E-state index in [1.807, 2.05) is 0 Å². The summed E-state index contributed by atoms with van der Waals surface area (Å²) < 4.78 is 8.13. The minimum atomic E-state index is -0.341. The fraction of sp³-hybridized carbons (Fsp3) is 0.435. The van der Waals surface area contributed by atoms with Gasteiger partial charge in [0.1, 0.15) is 16.7 Å². The molecule has 1 N–H and O–H groups in total. The summed E-state index contributed by atoms with van der Waals surface area (Å²) in [4.78, 5) is 34.6. The molecule has 1 aromatic carbocycles. The van der Waals surface area contributed by atoms with Crippen LogP contribution in [0.5, 0.6) is 5.75 Å². The summed E-state index contributed by atoms with van der Waals surface area (Å²) in [7, 11) is 0. The molecule has 0 spiro atoms. The molecule has 0 saturated carbocycles. The second kappa shape index (κ2) is 10.2. The van der Waals surface area contributed by atoms with Gasteiger partial charge < -0.3 is 9.63 Å². The predicted octanol–water partition coefficient (Wildman–Crippen LogP) is 3.80. The largest absolute Gasteiger partial charge is 0.507 e. The Morgan fingerprint density at radius 3 is 2.64 bits per heavy atom. The van der Waals surface area contributed by atoms with Crippen LogP contribution in [0.15, 0.2) is 43.4 Å². The molecule has 0 amide bonds. The fourth-order valence-corrected chi connectivity index (χ4v) is 4.13. The third-order valence-corrected chi connectivity index (χ3v) is 5.88. The number of aromatic nitrogens is 4. The van der Waals surface area contributed by atoms with Crippen LogP contribution in [0.3, 0.4) is 0 Å². The lowest BCUT2D eigenvalue weighted by molar-refractivity contribution is 0.415. The number of nitrogens with zero attached hydrogens (tertiary/aromatic N) is 5. The van der Waals surface area contributed by atoms with Crippen molar-refractivity contribution in [2.75, 3.05) is 0 Å². The zero-order valence-electron chi connectivity index (χ0n) is 18.5. The summed E-state index contributed by atoms with van der Waals surface area (Å²) >= 11 is 6.09. The Morgan fingerprint density at radius 1 is 1.09 bits per heavy atom. The number of unbranched alkanes of at least 4 members (excludes halogenated alkanes) is 3. The molecule has 0 aliphatic carbocycles. The van der Waals surface area contributed by atoms with Gasteiger partial charge in [0.2, 0.25) is 0 Å². The number of phenols is 1. The smallest absolute Gasteiger partial charge is 0.332 e. The van der Waals surface area contributed by atoms with Crippen LogP contribution in [0.2, 0.25) is 0 Å². The number of para-hydroxylation sites is 1. The van der Waals surface area contributed by atoms with Gasteiger partial charge in [-0.3, -0.25) is 13.9 Å². The first-order valence-corrected chi connectivity index (χ1v) is 11.6. The predicted molar refractivity (Wildman–Crippen MR) is 125 cm³/mol. The minimum Gasteiger partial charge on any atom is -0.507 e. The average molecular weight is 472 g/mol. The molecule has 4 rings (SSSR count). The first kappa shape index (κ1) is 23.0. The minimum absolute atomic E-state index is 0.0722. The molecule has 0 bridgehead atoms. The molecule has 10 heteroatoms. The van der Waals surface area contributed by atoms with E-state index in [1.54, 1.807) is 28.8 Å². The van der Waals surface area contributed by atoms with Gasteiger partial charge >= 0.3 is 5.69 Å². The van der Waals surface area contributed by atoms with E-state index in [9.17, 15) is 14.7 Å². The van der Waals surface area contributed by atoms with Crippen LogP contribution in [0, 0.1) is 0 Å². The van der Waals surface area contributed by atoms with Crippen LogP contribution in [0.25, 0.3) is 11.5 Å². The molecule has 33 heavy (non-hydrogen) atoms. The number of aliphatic imine (C=N–C) groups is 1. The zero-order chi connectivity index (χ0) is 23.4. The highest BCUT2D eigenvalue weighted by molar-refractivity contribution is 6.66. The number of hydrogen-bond donors (Lipinski definition) is 1. The van der Waals surface area contributed by atoms with E-state index >= 15 is 0 Å². The summed E-state index contributed by atoms with van der Waals surface area (Å²) in [5.41, 5.74) is 0.306. The lowest BCUT2D eigenvalue weighted by atomic mass is 10.2. The first-order chi connectivity index (χ1) is 16.0. The Kier molecular flexibility index (Phi) is 7.08. The standard InChI is InChI=1S/C23H26ClN5O4/c1-2-3-7-12-28-20-16(14-18(24)25-20)22(31)29(23(28)32)13-8-6-11-19-26-21(33-27-19)15-9-4-5-10-17(15)30/h4-5,9-10,30H,2-3,6-8,11-14H2,1H3. The monoisotopic (exact) mass is 471 g/mol. The Bertz CT molecular complexity index is 1290. The fourth-order valence-electron chi connectivity index (χ4n) is 3.92. The molecule has 1 aliphatic rings. The number of rotatable bonds is 10. The topological polar surface area (TPSA) is 116 Å². The van der Waals surface area contributed by atoms with E-state index in [0.29, 0.717) is 60.3 Å². The number of hydrogen-bond acceptors (Lipinski definition) is 7. The first-order valence-electron chi connectivity index (χ1n) is 11.2. The van der Waals surface area contributed by atoms with Crippen molar-refractivity contribution in [2.45, 2.75) is 65.0 Å². The van der Waals surface area contributed by atoms with Crippen molar-refractivity contribution in [2.24, 2.45) is 4.99 Å². The van der Waals surface area contributed by atoms with E-state index in [1.165, 1.54) is 4.57 Å². The van der Waals surface area contributed by atoms with Gasteiger partial charge in [0.05, 0.1) is 11.1 Å². The maximum absolute atomic E-state index is 13.1. The highest BCUT2D eigenvalue weighted by Gasteiger charge is 2.24. The number of phenolic OH excluding ortho intramolecular Hbond substituents is 1. The average Bonchev–Trinajstić information content (AvgIpc) is 3.42. The van der Waals surface area contributed by atoms with Gasteiger partial charge in [0, 0.05) is 25.9 Å². The Hall–Kier alpha value is -3.20. The maximum Gasteiger partial charge on any atom is 0.332 e. The van der Waals surface area contributed by atoms with Gasteiger partial charge in [-0.25, -0.2) is 9.79 Å². The van der Waals surface area contributed by atoms with E-state index in [2.05, 4.69) is 22.1 Å². The Morgan fingerprint density at radius 2 is 1.85 bits per heavy atom. The van der Waals surface area contributed by atoms with Gasteiger partial charge in [-0.1, -0.05) is 48.7 Å². The van der Waals surface area contributed by atoms with Gasteiger partial charge in [-0.05, 0) is 31.4 Å². The van der Waals surface area contributed by atoms with Gasteiger partial charge in [0.15, 0.2) is 5.82 Å². The maximum atomic E-state index is 13.1. The molecule has 1 aliphatic heterocycles. The third kappa shape index (κ3) is 4.93. The SMILES string of the molecule is CCCCCn1c2c(c(=O)n(CCCCc3noc(-c4ccccc4O)n3)c1=O)CC(Cl)=N2. The molecule has 9 nitrogen and oxygen atoms in total. The van der Waals surface area contributed by atoms with E-state index in [0.717, 1.165) is 19.3 Å². The van der Waals surface area contributed by atoms with E-state index in [4.69, 9.17) is 16.1 Å². The van der Waals surface area contributed by atoms with Crippen LogP contribution >= 0.6 is 11.6 Å². The molecular weight excluding hydrogens is 446 g/mol. The molecule has 0 unspecified atom stereocenters. The third-order valence-electron chi connectivity index (χ3n) is 5.66. The molecule has 0 fully saturated rings. The molecule has 174 valence electrons. The number of aryl methyl sites for hydroxylation is 1. The lowest BCUT2D eigenvalue weighted by Crippen LogP contribution is -2.41. The molecular formula is C23H26ClN5O4. The van der Waals surface area contributed by atoms with Gasteiger partial charge in [-0.2, -0.15) is 4.98 Å². The van der Waals surface area contributed by atoms with E-state index < -0.39 is 0 Å². The van der Waals surface area contributed by atoms with Crippen molar-refractivity contribution in [1.29, 1.82) is 0 Å². The van der Waals surface area contributed by atoms with Gasteiger partial charge in [0.25, 0.3) is 11.4 Å². The van der Waals surface area contributed by atoms with Crippen molar-refractivity contribution in [3.63, 3.8) is 0 Å². The molecule has 0 radical (unpaired) electrons. The molecule has 2 aromatic heterocycles. The summed E-state index contributed by atoms with van der Waals surface area (Å²) in [5, 5.41) is 14.2. The number of halogens is 1. The molecule has 0 saturated heterocycles. The number of benzene rings is 1. The highest BCUT2D eigenvalue weighted by atomic mass is 35.5. The highest BCUT2D eigenvalue weighted by Crippen LogP contribution is 2.27. The van der Waals surface area contributed by atoms with Crippen LogP contribution in [0.4, 0.5) is 5.82 Å². The van der Waals surface area contributed by atoms with Crippen molar-refractivity contribution >= 4 is 22.6 Å². The summed E-state index contributed by atoms with van der Waals surface area (Å²) in [6.45, 7) is 2.90. The van der Waals surface area contributed by atoms with Crippen LogP contribution in [0.1, 0.15) is 50.4 Å². The molecule has 0 atom stereocenters. The Balaban J connectivity index is 1.44. The summed E-state index contributed by atoms with van der Waals surface area (Å²) in [5.74, 6) is 1.24. The van der Waals surface area contributed by atoms with Crippen molar-refractivity contribution in [1.82, 2.24) is 19.3 Å². The lowest BCUT2D eigenvalue weighted by Gasteiger charge is -2.14. The summed E-state index contributed by atoms with van der Waals surface area (Å²) in [6.07, 6.45) is 4.91.